The summed E-state index contributed by atoms with van der Waals surface area (Å²) in [5.74, 6) is -1.94. The van der Waals surface area contributed by atoms with Gasteiger partial charge in [0.25, 0.3) is 11.7 Å². The number of hydrogen-bond acceptors (Lipinski definition) is 3. The average Bonchev–Trinajstić information content (AvgIpc) is 2.85. The first-order valence-electron chi connectivity index (χ1n) is 6.81. The highest BCUT2D eigenvalue weighted by atomic mass is 35.5. The van der Waals surface area contributed by atoms with Crippen molar-refractivity contribution in [2.45, 2.75) is 38.4 Å². The van der Waals surface area contributed by atoms with Crippen molar-refractivity contribution in [2.24, 2.45) is 0 Å². The van der Waals surface area contributed by atoms with Crippen LogP contribution in [0.25, 0.3) is 0 Å². The molecule has 4 nitrogen and oxygen atoms in total. The molecule has 1 unspecified atom stereocenters. The first-order valence-corrected chi connectivity index (χ1v) is 7.19. The monoisotopic (exact) mass is 311 g/mol. The minimum Gasteiger partial charge on any atom is -0.370 e. The van der Waals surface area contributed by atoms with Gasteiger partial charge in [-0.15, -0.1) is 0 Å². The Balaban J connectivity index is 1.89. The number of rotatable bonds is 2. The van der Waals surface area contributed by atoms with Gasteiger partial charge < -0.3 is 9.64 Å². The topological polar surface area (TPSA) is 46.6 Å². The molecule has 1 atom stereocenters. The zero-order chi connectivity index (χ0) is 15.4. The van der Waals surface area contributed by atoms with E-state index >= 15 is 0 Å². The Kier molecular flexibility index (Phi) is 3.30. The molecule has 21 heavy (non-hydrogen) atoms. The Morgan fingerprint density at radius 1 is 1.43 bits per heavy atom. The number of anilines is 1. The normalized spacial score (nSPS) is 23.8. The molecule has 0 spiro atoms. The predicted octanol–water partition coefficient (Wildman–Crippen LogP) is 2.97. The van der Waals surface area contributed by atoms with Crippen molar-refractivity contribution < 1.29 is 18.7 Å². The molecule has 0 radical (unpaired) electrons. The van der Waals surface area contributed by atoms with E-state index in [4.69, 9.17) is 16.3 Å². The van der Waals surface area contributed by atoms with Crippen LogP contribution in [0.1, 0.15) is 37.0 Å². The van der Waals surface area contributed by atoms with Crippen LogP contribution in [0, 0.1) is 5.82 Å². The van der Waals surface area contributed by atoms with Crippen LogP contribution < -0.4 is 4.90 Å². The summed E-state index contributed by atoms with van der Waals surface area (Å²) in [5, 5.41) is -0.157. The molecular weight excluding hydrogens is 297 g/mol. The van der Waals surface area contributed by atoms with E-state index in [-0.39, 0.29) is 34.5 Å². The molecule has 3 rings (SSSR count). The summed E-state index contributed by atoms with van der Waals surface area (Å²) in [6, 6.07) is 2.35. The standard InChI is InChI=1S/C15H15ClFNO3/c1-15(2)4-3-8(21-15)7-18-12-6-11(17)10(16)5-9(12)13(19)14(18)20/h5-6,8H,3-4,7H2,1-2H3. The van der Waals surface area contributed by atoms with Gasteiger partial charge in [-0.2, -0.15) is 0 Å². The number of carbonyl (C=O) groups excluding carboxylic acids is 2. The Bertz CT molecular complexity index is 644. The molecule has 2 heterocycles. The lowest BCUT2D eigenvalue weighted by atomic mass is 10.1. The average molecular weight is 312 g/mol. The second-order valence-electron chi connectivity index (χ2n) is 6.07. The van der Waals surface area contributed by atoms with Gasteiger partial charge >= 0.3 is 0 Å². The molecule has 112 valence electrons. The Morgan fingerprint density at radius 3 is 2.76 bits per heavy atom. The second-order valence-corrected chi connectivity index (χ2v) is 6.47. The third kappa shape index (κ3) is 2.45. The van der Waals surface area contributed by atoms with Crippen molar-refractivity contribution >= 4 is 29.0 Å². The van der Waals surface area contributed by atoms with Crippen LogP contribution in [0.5, 0.6) is 0 Å². The first kappa shape index (κ1) is 14.5. The summed E-state index contributed by atoms with van der Waals surface area (Å²) in [6.07, 6.45) is 1.53. The predicted molar refractivity (Wildman–Crippen MR) is 76.3 cm³/mol. The first-order chi connectivity index (χ1) is 9.78. The summed E-state index contributed by atoms with van der Waals surface area (Å²) in [6.45, 7) is 4.22. The highest BCUT2D eigenvalue weighted by molar-refractivity contribution is 6.52. The van der Waals surface area contributed by atoms with Gasteiger partial charge in [-0.05, 0) is 38.8 Å². The maximum absolute atomic E-state index is 13.6. The van der Waals surface area contributed by atoms with Crippen LogP contribution in [-0.4, -0.2) is 29.9 Å². The number of halogens is 2. The Hall–Kier alpha value is -1.46. The number of nitrogens with zero attached hydrogens (tertiary/aromatic N) is 1. The minimum absolute atomic E-state index is 0.151. The fourth-order valence-electron chi connectivity index (χ4n) is 2.88. The zero-order valence-electron chi connectivity index (χ0n) is 11.8. The number of ketones is 1. The van der Waals surface area contributed by atoms with Gasteiger partial charge in [0, 0.05) is 0 Å². The number of Topliss-reactive ketones (excluding diaryl/α,β-unsaturated/α-hetero) is 1. The molecule has 2 aliphatic rings. The molecule has 0 bridgehead atoms. The molecular formula is C15H15ClFNO3. The Morgan fingerprint density at radius 2 is 2.14 bits per heavy atom. The van der Waals surface area contributed by atoms with E-state index in [9.17, 15) is 14.0 Å². The summed E-state index contributed by atoms with van der Waals surface area (Å²) in [7, 11) is 0. The van der Waals surface area contributed by atoms with Crippen molar-refractivity contribution in [1.29, 1.82) is 0 Å². The number of ether oxygens (including phenoxy) is 1. The highest BCUT2D eigenvalue weighted by Crippen LogP contribution is 2.36. The number of carbonyl (C=O) groups is 2. The summed E-state index contributed by atoms with van der Waals surface area (Å²) >= 11 is 5.68. The zero-order valence-corrected chi connectivity index (χ0v) is 12.5. The fraction of sp³-hybridized carbons (Fsp3) is 0.467. The van der Waals surface area contributed by atoms with Crippen LogP contribution in [0.3, 0.4) is 0 Å². The van der Waals surface area contributed by atoms with Gasteiger partial charge in [-0.1, -0.05) is 11.6 Å². The quantitative estimate of drug-likeness (QED) is 0.789. The third-order valence-corrected chi connectivity index (χ3v) is 4.24. The van der Waals surface area contributed by atoms with Gasteiger partial charge in [-0.3, -0.25) is 9.59 Å². The molecule has 1 aromatic rings. The molecule has 0 N–H and O–H groups in total. The molecule has 6 heteroatoms. The van der Waals surface area contributed by atoms with Crippen molar-refractivity contribution in [3.05, 3.63) is 28.5 Å². The lowest BCUT2D eigenvalue weighted by Gasteiger charge is -2.23. The van der Waals surface area contributed by atoms with Gasteiger partial charge in [0.1, 0.15) is 5.82 Å². The van der Waals surface area contributed by atoms with Crippen molar-refractivity contribution in [3.63, 3.8) is 0 Å². The maximum Gasteiger partial charge on any atom is 0.299 e. The van der Waals surface area contributed by atoms with Crippen LogP contribution >= 0.6 is 11.6 Å². The number of fused-ring (bicyclic) bond motifs is 1. The molecule has 1 saturated heterocycles. The molecule has 1 fully saturated rings. The fourth-order valence-corrected chi connectivity index (χ4v) is 3.04. The molecule has 0 saturated carbocycles. The maximum atomic E-state index is 13.6. The number of amides is 1. The van der Waals surface area contributed by atoms with Gasteiger partial charge in [0.2, 0.25) is 0 Å². The smallest absolute Gasteiger partial charge is 0.299 e. The summed E-state index contributed by atoms with van der Waals surface area (Å²) in [4.78, 5) is 25.3. The summed E-state index contributed by atoms with van der Waals surface area (Å²) in [5.41, 5.74) is 0.204. The van der Waals surface area contributed by atoms with Crippen LogP contribution in [0.15, 0.2) is 12.1 Å². The second kappa shape index (κ2) is 4.78. The van der Waals surface area contributed by atoms with Gasteiger partial charge in [0.15, 0.2) is 0 Å². The summed E-state index contributed by atoms with van der Waals surface area (Å²) < 4.78 is 19.5. The Labute approximate surface area is 126 Å². The van der Waals surface area contributed by atoms with E-state index in [0.717, 1.165) is 18.9 Å². The van der Waals surface area contributed by atoms with E-state index in [1.807, 2.05) is 13.8 Å². The molecule has 1 amide bonds. The van der Waals surface area contributed by atoms with E-state index in [1.54, 1.807) is 0 Å². The largest absolute Gasteiger partial charge is 0.370 e. The lowest BCUT2D eigenvalue weighted by molar-refractivity contribution is -0.114. The van der Waals surface area contributed by atoms with E-state index in [0.29, 0.717) is 0 Å². The van der Waals surface area contributed by atoms with Crippen LogP contribution in [-0.2, 0) is 9.53 Å². The number of hydrogen-bond donors (Lipinski definition) is 0. The van der Waals surface area contributed by atoms with Crippen molar-refractivity contribution in [1.82, 2.24) is 0 Å². The van der Waals surface area contributed by atoms with Crippen LogP contribution in [0.4, 0.5) is 10.1 Å². The lowest BCUT2D eigenvalue weighted by Crippen LogP contribution is -2.37. The van der Waals surface area contributed by atoms with Gasteiger partial charge in [-0.25, -0.2) is 4.39 Å². The van der Waals surface area contributed by atoms with Crippen molar-refractivity contribution in [3.8, 4) is 0 Å². The van der Waals surface area contributed by atoms with E-state index in [1.165, 1.54) is 11.0 Å². The SMILES string of the molecule is CC1(C)CCC(CN2C(=O)C(=O)c3cc(Cl)c(F)cc32)O1. The molecule has 1 aromatic carbocycles. The third-order valence-electron chi connectivity index (χ3n) is 3.95. The van der Waals surface area contributed by atoms with E-state index in [2.05, 4.69) is 0 Å². The molecule has 2 aliphatic heterocycles. The highest BCUT2D eigenvalue weighted by Gasteiger charge is 2.40. The minimum atomic E-state index is -0.653. The van der Waals surface area contributed by atoms with E-state index < -0.39 is 17.5 Å². The van der Waals surface area contributed by atoms with Gasteiger partial charge in [0.05, 0.1) is 34.5 Å². The molecule has 0 aliphatic carbocycles. The molecule has 0 aromatic heterocycles. The van der Waals surface area contributed by atoms with Crippen molar-refractivity contribution in [2.75, 3.05) is 11.4 Å². The van der Waals surface area contributed by atoms with Crippen LogP contribution in [0.2, 0.25) is 5.02 Å². The number of benzene rings is 1.